The van der Waals surface area contributed by atoms with Crippen molar-refractivity contribution in [2.75, 3.05) is 25.7 Å². The molecule has 8 heteroatoms. The molecule has 2 aromatic heterocycles. The summed E-state index contributed by atoms with van der Waals surface area (Å²) in [4.78, 5) is 23.4. The van der Waals surface area contributed by atoms with E-state index in [0.717, 1.165) is 49.3 Å². The van der Waals surface area contributed by atoms with Crippen molar-refractivity contribution in [2.45, 2.75) is 38.1 Å². The van der Waals surface area contributed by atoms with E-state index in [1.807, 2.05) is 24.3 Å². The highest BCUT2D eigenvalue weighted by Gasteiger charge is 2.31. The number of aromatic nitrogens is 3. The maximum Gasteiger partial charge on any atom is 0.339 e. The van der Waals surface area contributed by atoms with Crippen molar-refractivity contribution >= 4 is 22.8 Å². The highest BCUT2D eigenvalue weighted by molar-refractivity contribution is 5.88. The molecule has 1 aliphatic heterocycles. The van der Waals surface area contributed by atoms with Gasteiger partial charge in [-0.3, -0.25) is 0 Å². The van der Waals surface area contributed by atoms with Crippen LogP contribution in [0.1, 0.15) is 52.5 Å². The largest absolute Gasteiger partial charge is 0.497 e. The second-order valence-corrected chi connectivity index (χ2v) is 9.43. The molecule has 4 aromatic rings. The first-order chi connectivity index (χ1) is 18.0. The second kappa shape index (κ2) is 10.5. The molecule has 1 N–H and O–H groups in total. The molecule has 0 amide bonds. The zero-order valence-corrected chi connectivity index (χ0v) is 21.5. The van der Waals surface area contributed by atoms with Gasteiger partial charge in [0.05, 0.1) is 31.5 Å². The lowest BCUT2D eigenvalue weighted by molar-refractivity contribution is 0.0694. The summed E-state index contributed by atoms with van der Waals surface area (Å²) in [5, 5.41) is 11.0. The molecule has 1 fully saturated rings. The fourth-order valence-corrected chi connectivity index (χ4v) is 5.41. The van der Waals surface area contributed by atoms with E-state index in [9.17, 15) is 9.90 Å². The minimum atomic E-state index is -1.00. The van der Waals surface area contributed by atoms with Crippen molar-refractivity contribution in [2.24, 2.45) is 7.05 Å². The Morgan fingerprint density at radius 3 is 2.76 bits per heavy atom. The van der Waals surface area contributed by atoms with Crippen LogP contribution in [0.3, 0.4) is 0 Å². The first-order valence-corrected chi connectivity index (χ1v) is 12.6. The minimum Gasteiger partial charge on any atom is -0.497 e. The van der Waals surface area contributed by atoms with Gasteiger partial charge in [0.25, 0.3) is 0 Å². The maximum atomic E-state index is 12.0. The van der Waals surface area contributed by atoms with Gasteiger partial charge in [-0.1, -0.05) is 18.2 Å². The third-order valence-electron chi connectivity index (χ3n) is 7.23. The topological polar surface area (TPSA) is 89.7 Å². The zero-order valence-electron chi connectivity index (χ0n) is 21.5. The molecule has 0 radical (unpaired) electrons. The molecule has 0 bridgehead atoms. The number of hydrogen-bond donors (Lipinski definition) is 1. The lowest BCUT2D eigenvalue weighted by atomic mass is 10.0. The molecule has 0 saturated carbocycles. The number of carbonyl (C=O) groups is 1. The van der Waals surface area contributed by atoms with Gasteiger partial charge >= 0.3 is 5.97 Å². The normalized spacial score (nSPS) is 15.3. The van der Waals surface area contributed by atoms with Crippen LogP contribution >= 0.6 is 0 Å². The Hall–Kier alpha value is -4.07. The number of rotatable bonds is 9. The number of benzene rings is 2. The number of anilines is 1. The van der Waals surface area contributed by atoms with Gasteiger partial charge in [0.15, 0.2) is 0 Å². The van der Waals surface area contributed by atoms with Crippen molar-refractivity contribution in [3.8, 4) is 11.5 Å². The molecule has 1 atom stereocenters. The van der Waals surface area contributed by atoms with Gasteiger partial charge in [0.1, 0.15) is 11.5 Å². The van der Waals surface area contributed by atoms with Gasteiger partial charge in [-0.25, -0.2) is 14.8 Å². The van der Waals surface area contributed by atoms with Crippen LogP contribution in [0.25, 0.3) is 10.9 Å². The number of methoxy groups -OCH3 is 2. The van der Waals surface area contributed by atoms with Crippen molar-refractivity contribution in [3.63, 3.8) is 0 Å². The Balaban J connectivity index is 1.40. The van der Waals surface area contributed by atoms with Gasteiger partial charge in [-0.05, 0) is 61.9 Å². The summed E-state index contributed by atoms with van der Waals surface area (Å²) in [6.07, 6.45) is 7.70. The molecule has 1 aliphatic rings. The third-order valence-corrected chi connectivity index (χ3v) is 7.23. The molecular weight excluding hydrogens is 468 g/mol. The molecule has 2 aromatic carbocycles. The molecule has 3 heterocycles. The predicted molar refractivity (Wildman–Crippen MR) is 143 cm³/mol. The Kier molecular flexibility index (Phi) is 6.99. The quantitative estimate of drug-likeness (QED) is 0.338. The predicted octanol–water partition coefficient (Wildman–Crippen LogP) is 5.20. The summed E-state index contributed by atoms with van der Waals surface area (Å²) < 4.78 is 13.2. The summed E-state index contributed by atoms with van der Waals surface area (Å²) in [5.41, 5.74) is 4.20. The van der Waals surface area contributed by atoms with E-state index in [-0.39, 0.29) is 11.6 Å². The van der Waals surface area contributed by atoms with E-state index < -0.39 is 5.97 Å². The molecule has 0 spiro atoms. The van der Waals surface area contributed by atoms with Crippen LogP contribution < -0.4 is 14.4 Å². The summed E-state index contributed by atoms with van der Waals surface area (Å²) in [5.74, 6) is 1.10. The number of carboxylic acids is 1. The number of fused-ring (bicyclic) bond motifs is 1. The summed E-state index contributed by atoms with van der Waals surface area (Å²) >= 11 is 0. The van der Waals surface area contributed by atoms with E-state index in [0.29, 0.717) is 18.1 Å². The number of aromatic carboxylic acids is 1. The standard InChI is InChI=1S/C29H32N4O4/c1-32-18-19(21-9-4-5-11-25(21)32)8-6-10-24-23(28(34)35)17-30-29(31-24)33-15-7-12-26(33)22-16-20(36-2)13-14-27(22)37-3/h4-5,9,11,13-14,16-18,26H,6-8,10,12,15H2,1-3H3,(H,34,35)/t26-/m1/s1. The van der Waals surface area contributed by atoms with Gasteiger partial charge < -0.3 is 24.0 Å². The van der Waals surface area contributed by atoms with E-state index >= 15 is 0 Å². The molecular formula is C29H32N4O4. The van der Waals surface area contributed by atoms with Crippen LogP contribution in [0.15, 0.2) is 54.9 Å². The highest BCUT2D eigenvalue weighted by Crippen LogP contribution is 2.40. The second-order valence-electron chi connectivity index (χ2n) is 9.43. The lowest BCUT2D eigenvalue weighted by Crippen LogP contribution is -2.26. The number of hydrogen-bond acceptors (Lipinski definition) is 6. The van der Waals surface area contributed by atoms with Gasteiger partial charge in [0.2, 0.25) is 5.95 Å². The van der Waals surface area contributed by atoms with Gasteiger partial charge in [-0.2, -0.15) is 0 Å². The molecule has 5 rings (SSSR count). The van der Waals surface area contributed by atoms with Crippen LogP contribution in [-0.2, 0) is 19.9 Å². The zero-order chi connectivity index (χ0) is 25.9. The summed E-state index contributed by atoms with van der Waals surface area (Å²) in [6.45, 7) is 0.785. The van der Waals surface area contributed by atoms with Crippen molar-refractivity contribution in [1.29, 1.82) is 0 Å². The smallest absolute Gasteiger partial charge is 0.339 e. The van der Waals surface area contributed by atoms with E-state index in [1.54, 1.807) is 14.2 Å². The van der Waals surface area contributed by atoms with Crippen LogP contribution in [0.5, 0.6) is 11.5 Å². The van der Waals surface area contributed by atoms with E-state index in [4.69, 9.17) is 14.5 Å². The van der Waals surface area contributed by atoms with Crippen LogP contribution in [-0.4, -0.2) is 46.4 Å². The fraction of sp³-hybridized carbons (Fsp3) is 0.345. The Labute approximate surface area is 216 Å². The van der Waals surface area contributed by atoms with Crippen LogP contribution in [0, 0.1) is 0 Å². The average Bonchev–Trinajstić information content (AvgIpc) is 3.53. The van der Waals surface area contributed by atoms with E-state index in [1.165, 1.54) is 22.7 Å². The summed E-state index contributed by atoms with van der Waals surface area (Å²) in [6, 6.07) is 14.2. The van der Waals surface area contributed by atoms with Crippen molar-refractivity contribution in [3.05, 3.63) is 77.2 Å². The van der Waals surface area contributed by atoms with Crippen LogP contribution in [0.4, 0.5) is 5.95 Å². The number of para-hydroxylation sites is 1. The number of aryl methyl sites for hydroxylation is 3. The number of carboxylic acid groups (broad SMARTS) is 1. The molecule has 1 saturated heterocycles. The summed E-state index contributed by atoms with van der Waals surface area (Å²) in [7, 11) is 5.36. The lowest BCUT2D eigenvalue weighted by Gasteiger charge is -2.27. The molecule has 8 nitrogen and oxygen atoms in total. The fourth-order valence-electron chi connectivity index (χ4n) is 5.41. The Morgan fingerprint density at radius 1 is 1.14 bits per heavy atom. The van der Waals surface area contributed by atoms with Gasteiger partial charge in [0, 0.05) is 42.5 Å². The Bertz CT molecular complexity index is 1430. The molecule has 192 valence electrons. The SMILES string of the molecule is COc1ccc(OC)c([C@H]2CCCN2c2ncc(C(=O)O)c(CCCc3cn(C)c4ccccc34)n2)c1. The maximum absolute atomic E-state index is 12.0. The monoisotopic (exact) mass is 500 g/mol. The minimum absolute atomic E-state index is 0.0178. The number of nitrogens with zero attached hydrogens (tertiary/aromatic N) is 4. The molecule has 0 unspecified atom stereocenters. The van der Waals surface area contributed by atoms with E-state index in [2.05, 4.69) is 45.9 Å². The molecule has 0 aliphatic carbocycles. The Morgan fingerprint density at radius 2 is 1.97 bits per heavy atom. The van der Waals surface area contributed by atoms with Crippen molar-refractivity contribution in [1.82, 2.24) is 14.5 Å². The average molecular weight is 501 g/mol. The third kappa shape index (κ3) is 4.83. The highest BCUT2D eigenvalue weighted by atomic mass is 16.5. The molecule has 37 heavy (non-hydrogen) atoms. The number of ether oxygens (including phenoxy) is 2. The van der Waals surface area contributed by atoms with Crippen molar-refractivity contribution < 1.29 is 19.4 Å². The van der Waals surface area contributed by atoms with Gasteiger partial charge in [-0.15, -0.1) is 0 Å². The first kappa shape index (κ1) is 24.6. The van der Waals surface area contributed by atoms with Crippen LogP contribution in [0.2, 0.25) is 0 Å². The first-order valence-electron chi connectivity index (χ1n) is 12.6.